The number of sulfonamides is 1. The number of aliphatic carboxylic acids is 1. The van der Waals surface area contributed by atoms with E-state index in [0.29, 0.717) is 4.90 Å². The van der Waals surface area contributed by atoms with Crippen LogP contribution in [0.4, 0.5) is 10.1 Å². The van der Waals surface area contributed by atoms with E-state index in [1.165, 1.54) is 12.1 Å². The van der Waals surface area contributed by atoms with Crippen LogP contribution in [0.2, 0.25) is 10.0 Å². The third-order valence-electron chi connectivity index (χ3n) is 2.94. The largest absolute Gasteiger partial charge is 0.481 e. The van der Waals surface area contributed by atoms with Crippen molar-refractivity contribution in [3.63, 3.8) is 0 Å². The smallest absolute Gasteiger partial charge is 0.304 e. The number of rotatable bonds is 7. The second-order valence-corrected chi connectivity index (χ2v) is 8.47. The Morgan fingerprint density at radius 1 is 1.16 bits per heavy atom. The van der Waals surface area contributed by atoms with Gasteiger partial charge in [-0.15, -0.1) is 11.8 Å². The van der Waals surface area contributed by atoms with Gasteiger partial charge in [0.15, 0.2) is 0 Å². The minimum absolute atomic E-state index is 0.0733. The molecule has 0 aliphatic carbocycles. The fourth-order valence-corrected chi connectivity index (χ4v) is 4.30. The lowest BCUT2D eigenvalue weighted by Gasteiger charge is -2.13. The normalized spacial score (nSPS) is 11.3. The van der Waals surface area contributed by atoms with Crippen molar-refractivity contribution < 1.29 is 22.7 Å². The first kappa shape index (κ1) is 19.8. The minimum atomic E-state index is -4.21. The van der Waals surface area contributed by atoms with E-state index in [9.17, 15) is 17.6 Å². The van der Waals surface area contributed by atoms with Gasteiger partial charge in [-0.1, -0.05) is 23.2 Å². The van der Waals surface area contributed by atoms with E-state index in [-0.39, 0.29) is 27.9 Å². The fraction of sp³-hybridized carbons (Fsp3) is 0.133. The van der Waals surface area contributed by atoms with Crippen LogP contribution < -0.4 is 4.72 Å². The number of hydrogen-bond acceptors (Lipinski definition) is 4. The molecule has 134 valence electrons. The molecule has 5 nitrogen and oxygen atoms in total. The molecule has 10 heteroatoms. The Labute approximate surface area is 158 Å². The molecule has 0 fully saturated rings. The standard InChI is InChI=1S/C15H12Cl2FNO4S2/c16-9-2-4-14(11(18)7-9)25(22,23)19-12-8-10(17)1-3-13(12)24-6-5-15(20)21/h1-4,7-8,19H,5-6H2,(H,20,21). The zero-order chi connectivity index (χ0) is 18.6. The second kappa shape index (κ2) is 8.27. The summed E-state index contributed by atoms with van der Waals surface area (Å²) in [6.07, 6.45) is -0.0920. The summed E-state index contributed by atoms with van der Waals surface area (Å²) >= 11 is 12.7. The van der Waals surface area contributed by atoms with E-state index < -0.39 is 26.7 Å². The van der Waals surface area contributed by atoms with Gasteiger partial charge in [0.2, 0.25) is 0 Å². The lowest BCUT2D eigenvalue weighted by molar-refractivity contribution is -0.136. The molecule has 0 atom stereocenters. The highest BCUT2D eigenvalue weighted by atomic mass is 35.5. The highest BCUT2D eigenvalue weighted by molar-refractivity contribution is 7.99. The maximum atomic E-state index is 13.9. The van der Waals surface area contributed by atoms with Gasteiger partial charge < -0.3 is 5.11 Å². The number of carbonyl (C=O) groups is 1. The Bertz CT molecular complexity index is 906. The number of nitrogens with one attached hydrogen (secondary N) is 1. The first-order valence-corrected chi connectivity index (χ1v) is 10.0. The number of carboxylic acid groups (broad SMARTS) is 1. The molecule has 0 spiro atoms. The molecule has 0 aliphatic rings. The van der Waals surface area contributed by atoms with Gasteiger partial charge in [0.25, 0.3) is 10.0 Å². The molecular formula is C15H12Cl2FNO4S2. The first-order valence-electron chi connectivity index (χ1n) is 6.81. The lowest BCUT2D eigenvalue weighted by Crippen LogP contribution is -2.15. The van der Waals surface area contributed by atoms with Crippen LogP contribution in [-0.4, -0.2) is 25.2 Å². The van der Waals surface area contributed by atoms with Gasteiger partial charge in [0.05, 0.1) is 12.1 Å². The van der Waals surface area contributed by atoms with Crippen LogP contribution in [0.25, 0.3) is 0 Å². The van der Waals surface area contributed by atoms with Gasteiger partial charge in [-0.25, -0.2) is 12.8 Å². The van der Waals surface area contributed by atoms with Crippen molar-refractivity contribution in [1.82, 2.24) is 0 Å². The summed E-state index contributed by atoms with van der Waals surface area (Å²) in [7, 11) is -4.21. The molecule has 0 saturated heterocycles. The molecular weight excluding hydrogens is 412 g/mol. The van der Waals surface area contributed by atoms with E-state index >= 15 is 0 Å². The van der Waals surface area contributed by atoms with Crippen molar-refractivity contribution in [3.05, 3.63) is 52.3 Å². The Morgan fingerprint density at radius 3 is 2.44 bits per heavy atom. The Hall–Kier alpha value is -1.48. The van der Waals surface area contributed by atoms with Crippen molar-refractivity contribution in [2.24, 2.45) is 0 Å². The summed E-state index contributed by atoms with van der Waals surface area (Å²) in [6, 6.07) is 7.70. The molecule has 2 aromatic rings. The van der Waals surface area contributed by atoms with Gasteiger partial charge in [-0.2, -0.15) is 0 Å². The van der Waals surface area contributed by atoms with E-state index in [0.717, 1.165) is 23.9 Å². The minimum Gasteiger partial charge on any atom is -0.481 e. The molecule has 25 heavy (non-hydrogen) atoms. The number of benzene rings is 2. The van der Waals surface area contributed by atoms with Crippen molar-refractivity contribution in [2.75, 3.05) is 10.5 Å². The third kappa shape index (κ3) is 5.50. The van der Waals surface area contributed by atoms with Crippen molar-refractivity contribution in [1.29, 1.82) is 0 Å². The van der Waals surface area contributed by atoms with Gasteiger partial charge in [-0.3, -0.25) is 9.52 Å². The number of carboxylic acids is 1. The maximum Gasteiger partial charge on any atom is 0.304 e. The van der Waals surface area contributed by atoms with E-state index in [4.69, 9.17) is 28.3 Å². The molecule has 0 amide bonds. The SMILES string of the molecule is O=C(O)CCSc1ccc(Cl)cc1NS(=O)(=O)c1ccc(Cl)cc1F. The number of thioether (sulfide) groups is 1. The van der Waals surface area contributed by atoms with Crippen LogP contribution in [0.5, 0.6) is 0 Å². The Kier molecular flexibility index (Phi) is 6.56. The van der Waals surface area contributed by atoms with Gasteiger partial charge in [0, 0.05) is 20.7 Å². The monoisotopic (exact) mass is 423 g/mol. The highest BCUT2D eigenvalue weighted by Gasteiger charge is 2.21. The van der Waals surface area contributed by atoms with Crippen LogP contribution in [0.15, 0.2) is 46.2 Å². The summed E-state index contributed by atoms with van der Waals surface area (Å²) in [6.45, 7) is 0. The average Bonchev–Trinajstić information content (AvgIpc) is 2.48. The van der Waals surface area contributed by atoms with Crippen molar-refractivity contribution >= 4 is 56.6 Å². The Balaban J connectivity index is 2.31. The van der Waals surface area contributed by atoms with Gasteiger partial charge in [-0.05, 0) is 36.4 Å². The van der Waals surface area contributed by atoms with Crippen LogP contribution in [0, 0.1) is 5.82 Å². The Morgan fingerprint density at radius 2 is 1.80 bits per heavy atom. The van der Waals surface area contributed by atoms with Crippen LogP contribution >= 0.6 is 35.0 Å². The molecule has 0 radical (unpaired) electrons. The number of hydrogen-bond donors (Lipinski definition) is 2. The van der Waals surface area contributed by atoms with Crippen LogP contribution in [0.1, 0.15) is 6.42 Å². The molecule has 2 N–H and O–H groups in total. The van der Waals surface area contributed by atoms with E-state index in [1.54, 1.807) is 12.1 Å². The molecule has 0 heterocycles. The first-order chi connectivity index (χ1) is 11.7. The molecule has 2 aromatic carbocycles. The lowest BCUT2D eigenvalue weighted by atomic mass is 10.3. The predicted molar refractivity (Wildman–Crippen MR) is 96.6 cm³/mol. The molecule has 0 bridgehead atoms. The third-order valence-corrected chi connectivity index (χ3v) is 5.89. The molecule has 0 saturated carbocycles. The summed E-state index contributed by atoms with van der Waals surface area (Å²) in [4.78, 5) is 10.5. The quantitative estimate of drug-likeness (QED) is 0.640. The summed E-state index contributed by atoms with van der Waals surface area (Å²) in [5.74, 6) is -1.71. The second-order valence-electron chi connectivity index (χ2n) is 4.81. The molecule has 0 unspecified atom stereocenters. The average molecular weight is 424 g/mol. The van der Waals surface area contributed by atoms with Crippen molar-refractivity contribution in [3.8, 4) is 0 Å². The molecule has 2 rings (SSSR count). The predicted octanol–water partition coefficient (Wildman–Crippen LogP) is 4.50. The number of anilines is 1. The van der Waals surface area contributed by atoms with E-state index in [2.05, 4.69) is 4.72 Å². The summed E-state index contributed by atoms with van der Waals surface area (Å²) in [5.41, 5.74) is 0.136. The maximum absolute atomic E-state index is 13.9. The highest BCUT2D eigenvalue weighted by Crippen LogP contribution is 2.32. The summed E-state index contributed by atoms with van der Waals surface area (Å²) in [5, 5.41) is 9.04. The van der Waals surface area contributed by atoms with Crippen LogP contribution in [-0.2, 0) is 14.8 Å². The van der Waals surface area contributed by atoms with Gasteiger partial charge >= 0.3 is 5.97 Å². The zero-order valence-electron chi connectivity index (χ0n) is 12.5. The topological polar surface area (TPSA) is 83.5 Å². The number of halogens is 3. The molecule has 0 aliphatic heterocycles. The van der Waals surface area contributed by atoms with E-state index in [1.807, 2.05) is 0 Å². The zero-order valence-corrected chi connectivity index (χ0v) is 15.6. The van der Waals surface area contributed by atoms with Gasteiger partial charge in [0.1, 0.15) is 10.7 Å². The van der Waals surface area contributed by atoms with Crippen LogP contribution in [0.3, 0.4) is 0 Å². The van der Waals surface area contributed by atoms with Crippen molar-refractivity contribution in [2.45, 2.75) is 16.2 Å². The summed E-state index contributed by atoms with van der Waals surface area (Å²) < 4.78 is 41.1. The molecule has 0 aromatic heterocycles. The fourth-order valence-electron chi connectivity index (χ4n) is 1.85.